The molecular formula is C9H9ClNO4S-. The van der Waals surface area contributed by atoms with E-state index in [1.807, 2.05) is 0 Å². The van der Waals surface area contributed by atoms with Gasteiger partial charge >= 0.3 is 5.97 Å². The molecule has 0 spiro atoms. The average molecular weight is 263 g/mol. The number of hydrogen-bond donors (Lipinski definition) is 1. The van der Waals surface area contributed by atoms with Crippen LogP contribution in [0.15, 0.2) is 18.2 Å². The topological polar surface area (TPSA) is 80.7 Å². The molecule has 0 heterocycles. The number of aromatic carboxylic acids is 1. The fraction of sp³-hybridized carbons (Fsp3) is 0.222. The number of halogens is 1. The summed E-state index contributed by atoms with van der Waals surface area (Å²) >= 11 is 3.44. The Hall–Kier alpha value is -1.11. The molecule has 0 aliphatic rings. The zero-order valence-corrected chi connectivity index (χ0v) is 9.92. The van der Waals surface area contributed by atoms with Gasteiger partial charge in [0.25, 0.3) is 0 Å². The molecular weight excluding hydrogens is 254 g/mol. The quantitative estimate of drug-likeness (QED) is 0.828. The predicted molar refractivity (Wildman–Crippen MR) is 60.6 cm³/mol. The van der Waals surface area contributed by atoms with Gasteiger partial charge in [0.1, 0.15) is 0 Å². The maximum Gasteiger partial charge on any atom is 0.337 e. The van der Waals surface area contributed by atoms with E-state index in [9.17, 15) is 13.6 Å². The number of hydrogen-bond acceptors (Lipinski definition) is 4. The van der Waals surface area contributed by atoms with Crippen LogP contribution in [0.3, 0.4) is 0 Å². The van der Waals surface area contributed by atoms with Crippen molar-refractivity contribution in [3.63, 3.8) is 0 Å². The maximum absolute atomic E-state index is 10.9. The van der Waals surface area contributed by atoms with Gasteiger partial charge in [0.2, 0.25) is 0 Å². The molecule has 0 radical (unpaired) electrons. The zero-order chi connectivity index (χ0) is 12.3. The number of carboxylic acid groups (broad SMARTS) is 1. The number of carboxylic acids is 1. The average Bonchev–Trinajstić information content (AvgIpc) is 2.15. The highest BCUT2D eigenvalue weighted by atomic mass is 35.5. The van der Waals surface area contributed by atoms with Gasteiger partial charge in [0, 0.05) is 12.1 Å². The van der Waals surface area contributed by atoms with Crippen molar-refractivity contribution in [2.45, 2.75) is 0 Å². The Balaban J connectivity index is 3.13. The molecule has 0 aromatic heterocycles. The Kier molecular flexibility index (Phi) is 4.28. The first-order valence-corrected chi connectivity index (χ1v) is 5.84. The van der Waals surface area contributed by atoms with Crippen LogP contribution in [-0.4, -0.2) is 32.8 Å². The third kappa shape index (κ3) is 3.19. The van der Waals surface area contributed by atoms with Crippen LogP contribution in [0.1, 0.15) is 10.4 Å². The lowest BCUT2D eigenvalue weighted by Gasteiger charge is -2.22. The molecule has 0 saturated heterocycles. The second-order valence-electron chi connectivity index (χ2n) is 3.10. The van der Waals surface area contributed by atoms with Gasteiger partial charge in [-0.2, -0.15) is 0 Å². The van der Waals surface area contributed by atoms with Gasteiger partial charge in [-0.3, -0.25) is 4.21 Å². The molecule has 1 aromatic rings. The summed E-state index contributed by atoms with van der Waals surface area (Å²) in [5.74, 6) is -1.42. The number of rotatable bonds is 4. The van der Waals surface area contributed by atoms with Crippen LogP contribution in [0.2, 0.25) is 5.02 Å². The molecule has 1 aromatic carbocycles. The summed E-state index contributed by atoms with van der Waals surface area (Å²) in [6, 6.07) is 4.19. The highest BCUT2D eigenvalue weighted by Crippen LogP contribution is 2.24. The number of carbonyl (C=O) groups is 1. The van der Waals surface area contributed by atoms with E-state index >= 15 is 0 Å². The zero-order valence-electron chi connectivity index (χ0n) is 8.34. The lowest BCUT2D eigenvalue weighted by atomic mass is 10.1. The van der Waals surface area contributed by atoms with Crippen molar-refractivity contribution in [2.75, 3.05) is 17.8 Å². The minimum Gasteiger partial charge on any atom is -0.771 e. The molecule has 5 nitrogen and oxygen atoms in total. The first-order valence-electron chi connectivity index (χ1n) is 4.21. The highest BCUT2D eigenvalue weighted by Gasteiger charge is 2.13. The van der Waals surface area contributed by atoms with Crippen molar-refractivity contribution in [3.8, 4) is 0 Å². The first kappa shape index (κ1) is 13.0. The van der Waals surface area contributed by atoms with Crippen LogP contribution in [0.4, 0.5) is 5.69 Å². The first-order chi connectivity index (χ1) is 7.41. The van der Waals surface area contributed by atoms with Crippen molar-refractivity contribution in [3.05, 3.63) is 28.8 Å². The minimum atomic E-state index is -2.28. The van der Waals surface area contributed by atoms with Gasteiger partial charge in [-0.1, -0.05) is 11.6 Å². The summed E-state index contributed by atoms with van der Waals surface area (Å²) in [6.07, 6.45) is 0. The third-order valence-electron chi connectivity index (χ3n) is 1.90. The molecule has 7 heteroatoms. The molecule has 0 saturated carbocycles. The van der Waals surface area contributed by atoms with Crippen LogP contribution in [0.5, 0.6) is 0 Å². The van der Waals surface area contributed by atoms with E-state index in [1.54, 1.807) is 0 Å². The van der Waals surface area contributed by atoms with E-state index in [2.05, 4.69) is 0 Å². The van der Waals surface area contributed by atoms with E-state index < -0.39 is 17.0 Å². The predicted octanol–water partition coefficient (Wildman–Crippen LogP) is 1.31. The van der Waals surface area contributed by atoms with E-state index in [4.69, 9.17) is 16.7 Å². The smallest absolute Gasteiger partial charge is 0.337 e. The maximum atomic E-state index is 10.9. The van der Waals surface area contributed by atoms with Crippen molar-refractivity contribution in [1.82, 2.24) is 0 Å². The summed E-state index contributed by atoms with van der Waals surface area (Å²) in [5, 5.41) is 9.27. The summed E-state index contributed by atoms with van der Waals surface area (Å²) in [5.41, 5.74) is 0.279. The highest BCUT2D eigenvalue weighted by molar-refractivity contribution is 7.79. The van der Waals surface area contributed by atoms with Crippen LogP contribution >= 0.6 is 11.6 Å². The molecule has 0 amide bonds. The van der Waals surface area contributed by atoms with Crippen molar-refractivity contribution >= 4 is 34.3 Å². The second-order valence-corrected chi connectivity index (χ2v) is 4.40. The molecule has 1 N–H and O–H groups in total. The minimum absolute atomic E-state index is 0.0114. The van der Waals surface area contributed by atoms with Crippen LogP contribution in [0, 0.1) is 0 Å². The Morgan fingerprint density at radius 1 is 1.62 bits per heavy atom. The van der Waals surface area contributed by atoms with Crippen LogP contribution in [0.25, 0.3) is 0 Å². The van der Waals surface area contributed by atoms with Crippen LogP contribution in [-0.2, 0) is 11.1 Å². The molecule has 0 bridgehead atoms. The van der Waals surface area contributed by atoms with Gasteiger partial charge < -0.3 is 14.6 Å². The lowest BCUT2D eigenvalue weighted by Crippen LogP contribution is -2.24. The van der Waals surface area contributed by atoms with E-state index in [-0.39, 0.29) is 17.1 Å². The van der Waals surface area contributed by atoms with Gasteiger partial charge in [-0.05, 0) is 29.3 Å². The van der Waals surface area contributed by atoms with Gasteiger partial charge in [0.15, 0.2) is 0 Å². The van der Waals surface area contributed by atoms with Gasteiger partial charge in [-0.15, -0.1) is 0 Å². The molecule has 0 aliphatic heterocycles. The molecule has 1 rings (SSSR count). The number of anilines is 1. The Morgan fingerprint density at radius 3 is 2.75 bits per heavy atom. The summed E-state index contributed by atoms with van der Waals surface area (Å²) in [6.45, 7) is 0. The number of nitrogens with zero attached hydrogens (tertiary/aromatic N) is 1. The van der Waals surface area contributed by atoms with Crippen molar-refractivity contribution < 1.29 is 18.7 Å². The Labute approximate surface area is 99.9 Å². The number of benzene rings is 1. The lowest BCUT2D eigenvalue weighted by molar-refractivity contribution is 0.0697. The molecule has 1 atom stereocenters. The summed E-state index contributed by atoms with van der Waals surface area (Å²) in [4.78, 5) is 12.2. The largest absolute Gasteiger partial charge is 0.771 e. The monoisotopic (exact) mass is 262 g/mol. The molecule has 1 unspecified atom stereocenters. The van der Waals surface area contributed by atoms with Crippen molar-refractivity contribution in [1.29, 1.82) is 0 Å². The third-order valence-corrected chi connectivity index (χ3v) is 2.73. The van der Waals surface area contributed by atoms with Gasteiger partial charge in [0.05, 0.1) is 17.1 Å². The van der Waals surface area contributed by atoms with Gasteiger partial charge in [-0.25, -0.2) is 4.79 Å². The van der Waals surface area contributed by atoms with E-state index in [0.717, 1.165) is 0 Å². The molecule has 16 heavy (non-hydrogen) atoms. The fourth-order valence-electron chi connectivity index (χ4n) is 1.23. The molecule has 0 aliphatic carbocycles. The Morgan fingerprint density at radius 2 is 2.25 bits per heavy atom. The standard InChI is InChI=1S/C9H10ClNO4S/c1-11(5-16(14)15)8-4-6(10)2-3-7(8)9(12)13/h2-4H,5H2,1H3,(H,12,13)(H,14,15)/p-1. The summed E-state index contributed by atoms with van der Waals surface area (Å²) in [7, 11) is 1.48. The summed E-state index contributed by atoms with van der Waals surface area (Å²) < 4.78 is 21.1. The van der Waals surface area contributed by atoms with Crippen molar-refractivity contribution in [2.24, 2.45) is 0 Å². The molecule has 0 fully saturated rings. The normalized spacial score (nSPS) is 12.2. The second kappa shape index (κ2) is 5.29. The van der Waals surface area contributed by atoms with Crippen LogP contribution < -0.4 is 4.90 Å². The Bertz CT molecular complexity index is 438. The fourth-order valence-corrected chi connectivity index (χ4v) is 1.85. The van der Waals surface area contributed by atoms with E-state index in [0.29, 0.717) is 5.02 Å². The molecule has 88 valence electrons. The van der Waals surface area contributed by atoms with E-state index in [1.165, 1.54) is 30.1 Å². The SMILES string of the molecule is CN(CS(=O)[O-])c1cc(Cl)ccc1C(=O)O.